The van der Waals surface area contributed by atoms with Gasteiger partial charge in [-0.15, -0.1) is 0 Å². The number of hydrogen-bond acceptors (Lipinski definition) is 4. The Balaban J connectivity index is 2.58. The van der Waals surface area contributed by atoms with Gasteiger partial charge >= 0.3 is 0 Å². The van der Waals surface area contributed by atoms with Crippen LogP contribution in [-0.2, 0) is 13.5 Å². The topological polar surface area (TPSA) is 74.0 Å². The molecule has 0 aromatic carbocycles. The van der Waals surface area contributed by atoms with E-state index in [9.17, 15) is 4.79 Å². The fraction of sp³-hybridized carbons (Fsp3) is 0.273. The number of pyridine rings is 1. The van der Waals surface area contributed by atoms with E-state index in [1.54, 1.807) is 13.2 Å². The number of hydrogen-bond donors (Lipinski definition) is 1. The van der Waals surface area contributed by atoms with Gasteiger partial charge < -0.3 is 14.8 Å². The molecule has 0 saturated carbocycles. The third-order valence-electron chi connectivity index (χ3n) is 2.55. The molecule has 0 saturated heterocycles. The van der Waals surface area contributed by atoms with Gasteiger partial charge in [0.05, 0.1) is 0 Å². The predicted molar refractivity (Wildman–Crippen MR) is 61.0 cm³/mol. The van der Waals surface area contributed by atoms with Crippen molar-refractivity contribution >= 4 is 5.88 Å². The number of aryl methyl sites for hydroxylation is 1. The van der Waals surface area contributed by atoms with Gasteiger partial charge in [0.25, 0.3) is 5.56 Å². The maximum atomic E-state index is 11.5. The van der Waals surface area contributed by atoms with E-state index in [-0.39, 0.29) is 5.56 Å². The number of aromatic nitrogens is 2. The molecule has 2 rings (SSSR count). The highest BCUT2D eigenvalue weighted by molar-refractivity contribution is 5.66. The summed E-state index contributed by atoms with van der Waals surface area (Å²) in [4.78, 5) is 11.5. The second-order valence-corrected chi connectivity index (χ2v) is 3.59. The fourth-order valence-corrected chi connectivity index (χ4v) is 1.59. The molecule has 0 unspecified atom stereocenters. The molecule has 2 aromatic rings. The summed E-state index contributed by atoms with van der Waals surface area (Å²) >= 11 is 0. The summed E-state index contributed by atoms with van der Waals surface area (Å²) in [5.41, 5.74) is 7.79. The molecule has 0 bridgehead atoms. The van der Waals surface area contributed by atoms with Crippen molar-refractivity contribution in [3.05, 3.63) is 34.2 Å². The standard InChI is InChI=1S/C11H13N3O2/c1-3-8-10(13-16-11(8)12)7-4-5-14(2)9(15)6-7/h4-6H,3,12H2,1-2H3. The fourth-order valence-electron chi connectivity index (χ4n) is 1.59. The molecule has 2 N–H and O–H groups in total. The third kappa shape index (κ3) is 1.60. The third-order valence-corrected chi connectivity index (χ3v) is 2.55. The molecule has 2 heterocycles. The molecule has 0 aliphatic rings. The Morgan fingerprint density at radius 3 is 2.94 bits per heavy atom. The predicted octanol–water partition coefficient (Wildman–Crippen LogP) is 1.18. The maximum Gasteiger partial charge on any atom is 0.250 e. The molecule has 84 valence electrons. The Hall–Kier alpha value is -2.04. The monoisotopic (exact) mass is 219 g/mol. The van der Waals surface area contributed by atoms with Gasteiger partial charge in [0, 0.05) is 30.4 Å². The number of rotatable bonds is 2. The first-order chi connectivity index (χ1) is 7.63. The summed E-state index contributed by atoms with van der Waals surface area (Å²) in [6, 6.07) is 3.34. The lowest BCUT2D eigenvalue weighted by atomic mass is 10.1. The highest BCUT2D eigenvalue weighted by Gasteiger charge is 2.13. The Morgan fingerprint density at radius 2 is 2.31 bits per heavy atom. The summed E-state index contributed by atoms with van der Waals surface area (Å²) in [6.07, 6.45) is 2.42. The van der Waals surface area contributed by atoms with Crippen molar-refractivity contribution < 1.29 is 4.52 Å². The Kier molecular flexibility index (Phi) is 2.52. The highest BCUT2D eigenvalue weighted by atomic mass is 16.5. The van der Waals surface area contributed by atoms with Crippen molar-refractivity contribution in [1.82, 2.24) is 9.72 Å². The van der Waals surface area contributed by atoms with Gasteiger partial charge in [0.15, 0.2) is 0 Å². The van der Waals surface area contributed by atoms with E-state index >= 15 is 0 Å². The molecule has 5 heteroatoms. The van der Waals surface area contributed by atoms with E-state index in [4.69, 9.17) is 10.3 Å². The summed E-state index contributed by atoms with van der Waals surface area (Å²) in [5, 5.41) is 3.88. The maximum absolute atomic E-state index is 11.5. The van der Waals surface area contributed by atoms with Crippen LogP contribution in [0.1, 0.15) is 12.5 Å². The van der Waals surface area contributed by atoms with Crippen molar-refractivity contribution in [3.8, 4) is 11.3 Å². The smallest absolute Gasteiger partial charge is 0.250 e. The molecule has 0 radical (unpaired) electrons. The van der Waals surface area contributed by atoms with Crippen LogP contribution < -0.4 is 11.3 Å². The molecule has 0 atom stereocenters. The van der Waals surface area contributed by atoms with Crippen molar-refractivity contribution in [2.75, 3.05) is 5.73 Å². The Bertz CT molecular complexity index is 569. The second kappa shape index (κ2) is 3.84. The molecule has 5 nitrogen and oxygen atoms in total. The lowest BCUT2D eigenvalue weighted by molar-refractivity contribution is 0.438. The van der Waals surface area contributed by atoms with E-state index in [0.29, 0.717) is 11.6 Å². The zero-order chi connectivity index (χ0) is 11.7. The largest absolute Gasteiger partial charge is 0.367 e. The van der Waals surface area contributed by atoms with Gasteiger partial charge in [-0.25, -0.2) is 0 Å². The molecule has 0 spiro atoms. The van der Waals surface area contributed by atoms with Crippen LogP contribution in [0.4, 0.5) is 5.88 Å². The van der Waals surface area contributed by atoms with E-state index in [0.717, 1.165) is 17.5 Å². The van der Waals surface area contributed by atoms with E-state index < -0.39 is 0 Å². The zero-order valence-corrected chi connectivity index (χ0v) is 9.23. The van der Waals surface area contributed by atoms with Gasteiger partial charge in [-0.2, -0.15) is 0 Å². The Morgan fingerprint density at radius 1 is 1.56 bits per heavy atom. The first-order valence-electron chi connectivity index (χ1n) is 5.04. The average molecular weight is 219 g/mol. The normalized spacial score (nSPS) is 10.6. The molecule has 0 aliphatic heterocycles. The number of nitrogens with zero attached hydrogens (tertiary/aromatic N) is 2. The summed E-state index contributed by atoms with van der Waals surface area (Å²) in [7, 11) is 1.70. The van der Waals surface area contributed by atoms with Crippen LogP contribution in [0.15, 0.2) is 27.6 Å². The minimum absolute atomic E-state index is 0.0823. The summed E-state index contributed by atoms with van der Waals surface area (Å²) in [5.74, 6) is 0.318. The van der Waals surface area contributed by atoms with E-state index in [1.165, 1.54) is 10.6 Å². The van der Waals surface area contributed by atoms with Gasteiger partial charge in [0.1, 0.15) is 5.69 Å². The Labute approximate surface area is 92.5 Å². The quantitative estimate of drug-likeness (QED) is 0.823. The van der Waals surface area contributed by atoms with Crippen LogP contribution >= 0.6 is 0 Å². The van der Waals surface area contributed by atoms with Crippen LogP contribution in [0.3, 0.4) is 0 Å². The van der Waals surface area contributed by atoms with Gasteiger partial charge in [0.2, 0.25) is 5.88 Å². The first-order valence-corrected chi connectivity index (χ1v) is 5.04. The van der Waals surface area contributed by atoms with Crippen molar-refractivity contribution in [1.29, 1.82) is 0 Å². The SMILES string of the molecule is CCc1c(-c2ccn(C)c(=O)c2)noc1N. The molecule has 16 heavy (non-hydrogen) atoms. The van der Waals surface area contributed by atoms with E-state index in [2.05, 4.69) is 5.16 Å². The number of nitrogen functional groups attached to an aromatic ring is 1. The van der Waals surface area contributed by atoms with Crippen LogP contribution in [0, 0.1) is 0 Å². The molecule has 0 aliphatic carbocycles. The van der Waals surface area contributed by atoms with Gasteiger partial charge in [-0.1, -0.05) is 12.1 Å². The molecule has 0 fully saturated rings. The number of nitrogens with two attached hydrogens (primary N) is 1. The van der Waals surface area contributed by atoms with Gasteiger partial charge in [-0.05, 0) is 12.5 Å². The van der Waals surface area contributed by atoms with Crippen LogP contribution in [0.2, 0.25) is 0 Å². The van der Waals surface area contributed by atoms with E-state index in [1.807, 2.05) is 13.0 Å². The summed E-state index contributed by atoms with van der Waals surface area (Å²) in [6.45, 7) is 1.97. The summed E-state index contributed by atoms with van der Waals surface area (Å²) < 4.78 is 6.43. The highest BCUT2D eigenvalue weighted by Crippen LogP contribution is 2.26. The molecular formula is C11H13N3O2. The van der Waals surface area contributed by atoms with Crippen LogP contribution in [0.25, 0.3) is 11.3 Å². The lowest BCUT2D eigenvalue weighted by Gasteiger charge is -2.00. The molecular weight excluding hydrogens is 206 g/mol. The lowest BCUT2D eigenvalue weighted by Crippen LogP contribution is -2.14. The first kappa shape index (κ1) is 10.5. The minimum Gasteiger partial charge on any atom is -0.367 e. The van der Waals surface area contributed by atoms with Crippen LogP contribution in [0.5, 0.6) is 0 Å². The number of anilines is 1. The molecule has 2 aromatic heterocycles. The van der Waals surface area contributed by atoms with Crippen molar-refractivity contribution in [2.45, 2.75) is 13.3 Å². The zero-order valence-electron chi connectivity index (χ0n) is 9.23. The van der Waals surface area contributed by atoms with Crippen molar-refractivity contribution in [2.24, 2.45) is 7.05 Å². The average Bonchev–Trinajstić information content (AvgIpc) is 2.63. The van der Waals surface area contributed by atoms with Crippen LogP contribution in [-0.4, -0.2) is 9.72 Å². The minimum atomic E-state index is -0.0823. The van der Waals surface area contributed by atoms with Crippen molar-refractivity contribution in [3.63, 3.8) is 0 Å². The second-order valence-electron chi connectivity index (χ2n) is 3.59. The molecule has 0 amide bonds. The van der Waals surface area contributed by atoms with Gasteiger partial charge in [-0.3, -0.25) is 4.79 Å².